The van der Waals surface area contributed by atoms with Gasteiger partial charge in [0.2, 0.25) is 0 Å². The highest BCUT2D eigenvalue weighted by molar-refractivity contribution is 5.93. The third-order valence-corrected chi connectivity index (χ3v) is 2.67. The molecule has 0 aromatic carbocycles. The normalized spacial score (nSPS) is 10.2. The van der Waals surface area contributed by atoms with Gasteiger partial charge in [0.05, 0.1) is 0 Å². The molecule has 0 fully saturated rings. The first-order valence-electron chi connectivity index (χ1n) is 5.37. The first-order valence-corrected chi connectivity index (χ1v) is 5.37. The van der Waals surface area contributed by atoms with Gasteiger partial charge >= 0.3 is 0 Å². The SMILES string of the molecule is Cc1[nH]nc(C(=O)NCc2ccncc2)c1C. The van der Waals surface area contributed by atoms with Crippen LogP contribution in [0.5, 0.6) is 0 Å². The lowest BCUT2D eigenvalue weighted by atomic mass is 10.2. The highest BCUT2D eigenvalue weighted by Gasteiger charge is 2.13. The fourth-order valence-electron chi connectivity index (χ4n) is 1.47. The zero-order valence-corrected chi connectivity index (χ0v) is 9.82. The molecule has 2 heterocycles. The lowest BCUT2D eigenvalue weighted by Crippen LogP contribution is -2.23. The highest BCUT2D eigenvalue weighted by Crippen LogP contribution is 2.08. The molecule has 0 unspecified atom stereocenters. The molecule has 5 nitrogen and oxygen atoms in total. The number of aromatic nitrogens is 3. The molecule has 2 rings (SSSR count). The predicted octanol–water partition coefficient (Wildman–Crippen LogP) is 1.35. The van der Waals surface area contributed by atoms with Crippen LogP contribution < -0.4 is 5.32 Å². The largest absolute Gasteiger partial charge is 0.347 e. The number of nitrogens with zero attached hydrogens (tertiary/aromatic N) is 2. The second-order valence-corrected chi connectivity index (χ2v) is 3.86. The van der Waals surface area contributed by atoms with Crippen LogP contribution in [-0.2, 0) is 6.54 Å². The Kier molecular flexibility index (Phi) is 3.18. The van der Waals surface area contributed by atoms with Crippen molar-refractivity contribution in [3.63, 3.8) is 0 Å². The Labute approximate surface area is 99.3 Å². The first-order chi connectivity index (χ1) is 8.18. The number of aromatic amines is 1. The summed E-state index contributed by atoms with van der Waals surface area (Å²) >= 11 is 0. The minimum absolute atomic E-state index is 0.163. The van der Waals surface area contributed by atoms with Crippen LogP contribution >= 0.6 is 0 Å². The van der Waals surface area contributed by atoms with Crippen LogP contribution in [0.15, 0.2) is 24.5 Å². The summed E-state index contributed by atoms with van der Waals surface area (Å²) in [6, 6.07) is 3.73. The van der Waals surface area contributed by atoms with E-state index in [0.29, 0.717) is 12.2 Å². The molecule has 0 bridgehead atoms. The Morgan fingerprint density at radius 1 is 1.35 bits per heavy atom. The summed E-state index contributed by atoms with van der Waals surface area (Å²) in [5.74, 6) is -0.163. The topological polar surface area (TPSA) is 70.7 Å². The fraction of sp³-hybridized carbons (Fsp3) is 0.250. The second-order valence-electron chi connectivity index (χ2n) is 3.86. The fourth-order valence-corrected chi connectivity index (χ4v) is 1.47. The van der Waals surface area contributed by atoms with Crippen molar-refractivity contribution in [2.24, 2.45) is 0 Å². The Hall–Kier alpha value is -2.17. The molecule has 0 aliphatic rings. The van der Waals surface area contributed by atoms with Crippen LogP contribution in [0, 0.1) is 13.8 Å². The Morgan fingerprint density at radius 2 is 2.06 bits per heavy atom. The van der Waals surface area contributed by atoms with Crippen molar-refractivity contribution in [1.82, 2.24) is 20.5 Å². The molecule has 1 amide bonds. The summed E-state index contributed by atoms with van der Waals surface area (Å²) in [6.07, 6.45) is 3.40. The monoisotopic (exact) mass is 230 g/mol. The molecule has 2 N–H and O–H groups in total. The maximum absolute atomic E-state index is 11.8. The van der Waals surface area contributed by atoms with Gasteiger partial charge in [0, 0.05) is 30.2 Å². The minimum Gasteiger partial charge on any atom is -0.347 e. The summed E-state index contributed by atoms with van der Waals surface area (Å²) in [4.78, 5) is 15.8. The van der Waals surface area contributed by atoms with Crippen molar-refractivity contribution in [3.8, 4) is 0 Å². The molecule has 2 aromatic heterocycles. The van der Waals surface area contributed by atoms with Gasteiger partial charge in [-0.2, -0.15) is 5.10 Å². The molecule has 0 aliphatic carbocycles. The first kappa shape index (κ1) is 11.3. The number of H-pyrrole nitrogens is 1. The molecule has 88 valence electrons. The van der Waals surface area contributed by atoms with Crippen molar-refractivity contribution in [1.29, 1.82) is 0 Å². The molecule has 2 aromatic rings. The number of pyridine rings is 1. The molecule has 0 aliphatic heterocycles. The van der Waals surface area contributed by atoms with Crippen LogP contribution in [0.2, 0.25) is 0 Å². The predicted molar refractivity (Wildman–Crippen MR) is 63.5 cm³/mol. The zero-order chi connectivity index (χ0) is 12.3. The van der Waals surface area contributed by atoms with Crippen molar-refractivity contribution < 1.29 is 4.79 Å². The Morgan fingerprint density at radius 3 is 2.65 bits per heavy atom. The number of carbonyl (C=O) groups is 1. The molecule has 5 heteroatoms. The van der Waals surface area contributed by atoms with E-state index in [1.54, 1.807) is 12.4 Å². The van der Waals surface area contributed by atoms with E-state index in [9.17, 15) is 4.79 Å². The Balaban J connectivity index is 2.01. The number of hydrogen-bond donors (Lipinski definition) is 2. The van der Waals surface area contributed by atoms with Crippen LogP contribution in [0.25, 0.3) is 0 Å². The number of nitrogens with one attached hydrogen (secondary N) is 2. The van der Waals surface area contributed by atoms with Crippen LogP contribution in [0.3, 0.4) is 0 Å². The van der Waals surface area contributed by atoms with E-state index in [-0.39, 0.29) is 5.91 Å². The molecule has 0 saturated heterocycles. The molecule has 0 radical (unpaired) electrons. The molecule has 0 spiro atoms. The van der Waals surface area contributed by atoms with E-state index in [2.05, 4.69) is 20.5 Å². The molecule has 17 heavy (non-hydrogen) atoms. The summed E-state index contributed by atoms with van der Waals surface area (Å²) in [7, 11) is 0. The van der Waals surface area contributed by atoms with Crippen molar-refractivity contribution in [2.75, 3.05) is 0 Å². The van der Waals surface area contributed by atoms with E-state index >= 15 is 0 Å². The van der Waals surface area contributed by atoms with Crippen LogP contribution in [0.4, 0.5) is 0 Å². The number of rotatable bonds is 3. The highest BCUT2D eigenvalue weighted by atomic mass is 16.1. The average molecular weight is 230 g/mol. The third-order valence-electron chi connectivity index (χ3n) is 2.67. The molecular formula is C12H14N4O. The van der Waals surface area contributed by atoms with Gasteiger partial charge in [-0.3, -0.25) is 14.9 Å². The summed E-state index contributed by atoms with van der Waals surface area (Å²) in [5.41, 5.74) is 3.27. The second kappa shape index (κ2) is 4.78. The third kappa shape index (κ3) is 2.50. The number of carbonyl (C=O) groups excluding carboxylic acids is 1. The Bertz CT molecular complexity index is 519. The van der Waals surface area contributed by atoms with Crippen molar-refractivity contribution in [3.05, 3.63) is 47.0 Å². The van der Waals surface area contributed by atoms with Gasteiger partial charge in [-0.15, -0.1) is 0 Å². The summed E-state index contributed by atoms with van der Waals surface area (Å²) in [5, 5.41) is 9.59. The lowest BCUT2D eigenvalue weighted by molar-refractivity contribution is 0.0945. The van der Waals surface area contributed by atoms with Gasteiger partial charge in [-0.25, -0.2) is 0 Å². The van der Waals surface area contributed by atoms with Gasteiger partial charge in [0.15, 0.2) is 5.69 Å². The maximum atomic E-state index is 11.8. The van der Waals surface area contributed by atoms with Gasteiger partial charge in [-0.05, 0) is 31.5 Å². The van der Waals surface area contributed by atoms with E-state index in [4.69, 9.17) is 0 Å². The lowest BCUT2D eigenvalue weighted by Gasteiger charge is -2.03. The summed E-state index contributed by atoms with van der Waals surface area (Å²) in [6.45, 7) is 4.24. The zero-order valence-electron chi connectivity index (χ0n) is 9.82. The van der Waals surface area contributed by atoms with E-state index in [1.807, 2.05) is 26.0 Å². The number of amides is 1. The van der Waals surface area contributed by atoms with Crippen LogP contribution in [0.1, 0.15) is 27.3 Å². The smallest absolute Gasteiger partial charge is 0.272 e. The average Bonchev–Trinajstić information content (AvgIpc) is 2.69. The van der Waals surface area contributed by atoms with Gasteiger partial charge in [0.1, 0.15) is 0 Å². The molecule has 0 saturated carbocycles. The van der Waals surface area contributed by atoms with Crippen molar-refractivity contribution >= 4 is 5.91 Å². The van der Waals surface area contributed by atoms with E-state index in [1.165, 1.54) is 0 Å². The quantitative estimate of drug-likeness (QED) is 0.836. The van der Waals surface area contributed by atoms with Gasteiger partial charge < -0.3 is 5.32 Å². The molecular weight excluding hydrogens is 216 g/mol. The maximum Gasteiger partial charge on any atom is 0.272 e. The number of hydrogen-bond acceptors (Lipinski definition) is 3. The minimum atomic E-state index is -0.163. The summed E-state index contributed by atoms with van der Waals surface area (Å²) < 4.78 is 0. The van der Waals surface area contributed by atoms with Crippen LogP contribution in [-0.4, -0.2) is 21.1 Å². The van der Waals surface area contributed by atoms with E-state index in [0.717, 1.165) is 16.8 Å². The molecule has 0 atom stereocenters. The standard InChI is InChI=1S/C12H14N4O/c1-8-9(2)15-16-11(8)12(17)14-7-10-3-5-13-6-4-10/h3-6H,7H2,1-2H3,(H,14,17)(H,15,16). The van der Waals surface area contributed by atoms with Crippen molar-refractivity contribution in [2.45, 2.75) is 20.4 Å². The number of aryl methyl sites for hydroxylation is 1. The van der Waals surface area contributed by atoms with Gasteiger partial charge in [0.25, 0.3) is 5.91 Å². The van der Waals surface area contributed by atoms with Gasteiger partial charge in [-0.1, -0.05) is 0 Å². The van der Waals surface area contributed by atoms with E-state index < -0.39 is 0 Å².